The predicted molar refractivity (Wildman–Crippen MR) is 188 cm³/mol. The van der Waals surface area contributed by atoms with Gasteiger partial charge >= 0.3 is 6.18 Å². The summed E-state index contributed by atoms with van der Waals surface area (Å²) in [5.74, 6) is -1.58. The smallest absolute Gasteiger partial charge is 0.434 e. The lowest BCUT2D eigenvalue weighted by Gasteiger charge is -2.29. The fourth-order valence-corrected chi connectivity index (χ4v) is 9.44. The van der Waals surface area contributed by atoms with E-state index in [-0.39, 0.29) is 52.7 Å². The van der Waals surface area contributed by atoms with Crippen molar-refractivity contribution in [2.24, 2.45) is 11.3 Å². The molecule has 52 heavy (non-hydrogen) atoms. The zero-order chi connectivity index (χ0) is 37.2. The number of nitrogens with zero attached hydrogens (tertiary/aromatic N) is 4. The molecule has 3 amide bonds. The van der Waals surface area contributed by atoms with Crippen LogP contribution >= 0.6 is 22.9 Å². The summed E-state index contributed by atoms with van der Waals surface area (Å²) in [6.45, 7) is 2.20. The molecule has 3 aromatic rings. The number of pyridine rings is 1. The van der Waals surface area contributed by atoms with E-state index in [2.05, 4.69) is 14.7 Å². The molecule has 17 heteroatoms. The maximum absolute atomic E-state index is 14.2. The zero-order valence-electron chi connectivity index (χ0n) is 28.4. The summed E-state index contributed by atoms with van der Waals surface area (Å²) in [6, 6.07) is 4.05. The first-order valence-electron chi connectivity index (χ1n) is 17.1. The highest BCUT2D eigenvalue weighted by Crippen LogP contribution is 2.57. The van der Waals surface area contributed by atoms with Crippen LogP contribution in [0.4, 0.5) is 13.2 Å². The van der Waals surface area contributed by atoms with E-state index in [0.29, 0.717) is 55.1 Å². The molecule has 2 aliphatic carbocycles. The van der Waals surface area contributed by atoms with Gasteiger partial charge in [-0.2, -0.15) is 13.2 Å². The first-order valence-corrected chi connectivity index (χ1v) is 19.9. The largest absolute Gasteiger partial charge is 0.488 e. The van der Waals surface area contributed by atoms with Gasteiger partial charge in [-0.15, -0.1) is 11.3 Å². The third-order valence-corrected chi connectivity index (χ3v) is 13.5. The number of allylic oxidation sites excluding steroid dienone is 2. The van der Waals surface area contributed by atoms with Crippen molar-refractivity contribution < 1.29 is 40.7 Å². The molecule has 2 saturated carbocycles. The molecular weight excluding hydrogens is 743 g/mol. The van der Waals surface area contributed by atoms with E-state index >= 15 is 0 Å². The average Bonchev–Trinajstić information content (AvgIpc) is 3.96. The number of alkyl halides is 3. The van der Waals surface area contributed by atoms with Crippen LogP contribution in [0.3, 0.4) is 0 Å². The van der Waals surface area contributed by atoms with Gasteiger partial charge in [0.05, 0.1) is 27.7 Å². The minimum absolute atomic E-state index is 0.00669. The number of hydrogen-bond donors (Lipinski definition) is 1. The molecule has 1 aromatic carbocycles. The molecule has 1 unspecified atom stereocenters. The molecule has 4 aliphatic rings. The fourth-order valence-electron chi connectivity index (χ4n) is 7.06. The van der Waals surface area contributed by atoms with Gasteiger partial charge in [-0.25, -0.2) is 18.4 Å². The average molecular weight is 780 g/mol. The molecule has 0 radical (unpaired) electrons. The maximum Gasteiger partial charge on any atom is 0.434 e. The number of aromatic nitrogens is 2. The van der Waals surface area contributed by atoms with Crippen LogP contribution in [0.5, 0.6) is 5.75 Å². The number of ether oxygens (including phenoxy) is 1. The normalized spacial score (nSPS) is 26.5. The zero-order valence-corrected chi connectivity index (χ0v) is 30.8. The summed E-state index contributed by atoms with van der Waals surface area (Å²) < 4.78 is 74.5. The number of carbonyl (C=O) groups excluding carboxylic acids is 3. The molecule has 2 aromatic heterocycles. The number of likely N-dealkylation sites (N-methyl/N-ethyl adjacent to an activating group) is 1. The maximum atomic E-state index is 14.2. The van der Waals surface area contributed by atoms with Gasteiger partial charge in [0.15, 0.2) is 5.69 Å². The minimum atomic E-state index is -4.65. The minimum Gasteiger partial charge on any atom is -0.488 e. The van der Waals surface area contributed by atoms with Gasteiger partial charge in [0.25, 0.3) is 0 Å². The summed E-state index contributed by atoms with van der Waals surface area (Å²) in [4.78, 5) is 53.0. The molecule has 1 saturated heterocycles. The van der Waals surface area contributed by atoms with Gasteiger partial charge in [-0.3, -0.25) is 19.1 Å². The van der Waals surface area contributed by atoms with Crippen LogP contribution in [0.15, 0.2) is 35.7 Å². The van der Waals surface area contributed by atoms with E-state index < -0.39 is 56.5 Å². The Hall–Kier alpha value is -3.76. The molecule has 4 heterocycles. The number of benzene rings is 1. The quantitative estimate of drug-likeness (QED) is 0.306. The Morgan fingerprint density at radius 1 is 1.17 bits per heavy atom. The van der Waals surface area contributed by atoms with Crippen LogP contribution in [0.1, 0.15) is 62.6 Å². The number of carbonyl (C=O) groups is 3. The van der Waals surface area contributed by atoms with Crippen molar-refractivity contribution in [3.05, 3.63) is 52.0 Å². The lowest BCUT2D eigenvalue weighted by Crippen LogP contribution is -2.48. The highest BCUT2D eigenvalue weighted by atomic mass is 35.5. The SMILES string of the molecule is Cc1ccc2c(OC3C[C@H]4C(=O)N(C)CCCC/C=C\[C@H]5C[C@@]5(C(=O)NS(=O)(=O)C5CC5)CC(=O)N4C3)cc(-c3nc(C(F)(F)F)cs3)nc2c1Cl. The van der Waals surface area contributed by atoms with E-state index in [1.165, 1.54) is 11.0 Å². The highest BCUT2D eigenvalue weighted by Gasteiger charge is 2.61. The lowest BCUT2D eigenvalue weighted by molar-refractivity contribution is -0.144. The fraction of sp³-hybridized carbons (Fsp3) is 0.514. The Morgan fingerprint density at radius 2 is 1.94 bits per heavy atom. The van der Waals surface area contributed by atoms with Gasteiger partial charge in [0, 0.05) is 43.3 Å². The summed E-state index contributed by atoms with van der Waals surface area (Å²) in [5.41, 5.74) is -1.23. The molecule has 1 N–H and O–H groups in total. The van der Waals surface area contributed by atoms with Crippen molar-refractivity contribution >= 4 is 61.6 Å². The number of fused-ring (bicyclic) bond motifs is 3. The molecular formula is C35H37ClF3N5O6S2. The van der Waals surface area contributed by atoms with Crippen molar-refractivity contribution in [3.8, 4) is 16.5 Å². The van der Waals surface area contributed by atoms with Crippen LogP contribution < -0.4 is 9.46 Å². The van der Waals surface area contributed by atoms with Gasteiger partial charge in [0.1, 0.15) is 28.6 Å². The van der Waals surface area contributed by atoms with Gasteiger partial charge < -0.3 is 14.5 Å². The number of halogens is 4. The Labute approximate surface area is 307 Å². The second-order valence-corrected chi connectivity index (χ2v) is 17.4. The van der Waals surface area contributed by atoms with E-state index in [0.717, 1.165) is 23.1 Å². The summed E-state index contributed by atoms with van der Waals surface area (Å²) >= 11 is 7.42. The summed E-state index contributed by atoms with van der Waals surface area (Å²) in [6.07, 6.45) is 1.72. The standard InChI is InChI=1S/C35H37ClF3N5O6S2/c1-19-8-11-23-26(14-24(40-30(23)29(19)36)31-41-27(18-51-31)35(37,38)39)50-21-13-25-32(46)43(2)12-6-4-3-5-7-20-15-34(20,16-28(45)44(25)17-21)33(47)42-52(48,49)22-9-10-22/h5,7-8,11,14,18,20-22,25H,3-4,6,9-10,12-13,15-17H2,1-2H3,(H,42,47)/b7-5-/t20-,21?,25-,34+/m0/s1. The third kappa shape index (κ3) is 7.13. The highest BCUT2D eigenvalue weighted by molar-refractivity contribution is 7.90. The Kier molecular flexibility index (Phi) is 9.56. The topological polar surface area (TPSA) is 139 Å². The van der Waals surface area contributed by atoms with Crippen molar-refractivity contribution in [2.45, 2.75) is 81.9 Å². The molecule has 3 fully saturated rings. The van der Waals surface area contributed by atoms with Gasteiger partial charge in [0.2, 0.25) is 27.7 Å². The summed E-state index contributed by atoms with van der Waals surface area (Å²) in [7, 11) is -2.19. The van der Waals surface area contributed by atoms with Crippen LogP contribution in [-0.4, -0.2) is 83.4 Å². The lowest BCUT2D eigenvalue weighted by atomic mass is 9.96. The molecule has 7 rings (SSSR count). The van der Waals surface area contributed by atoms with Crippen LogP contribution in [0.2, 0.25) is 5.02 Å². The molecule has 2 aliphatic heterocycles. The van der Waals surface area contributed by atoms with Crippen LogP contribution in [0, 0.1) is 18.3 Å². The second kappa shape index (κ2) is 13.6. The van der Waals surface area contributed by atoms with Gasteiger partial charge in [-0.1, -0.05) is 29.8 Å². The van der Waals surface area contributed by atoms with Crippen molar-refractivity contribution in [1.82, 2.24) is 24.5 Å². The Balaban J connectivity index is 1.21. The van der Waals surface area contributed by atoms with E-state index in [1.807, 2.05) is 12.2 Å². The summed E-state index contributed by atoms with van der Waals surface area (Å²) in [5, 5.41) is 1.06. The van der Waals surface area contributed by atoms with Crippen LogP contribution in [-0.2, 0) is 30.6 Å². The predicted octanol–water partition coefficient (Wildman–Crippen LogP) is 5.89. The number of aryl methyl sites for hydroxylation is 1. The monoisotopic (exact) mass is 779 g/mol. The molecule has 4 atom stereocenters. The number of sulfonamides is 1. The number of amides is 3. The first-order chi connectivity index (χ1) is 24.6. The molecule has 11 nitrogen and oxygen atoms in total. The van der Waals surface area contributed by atoms with Crippen molar-refractivity contribution in [1.29, 1.82) is 0 Å². The molecule has 0 spiro atoms. The van der Waals surface area contributed by atoms with Gasteiger partial charge in [-0.05, 0) is 63.0 Å². The Morgan fingerprint density at radius 3 is 2.65 bits per heavy atom. The van der Waals surface area contributed by atoms with Crippen LogP contribution in [0.25, 0.3) is 21.6 Å². The first kappa shape index (κ1) is 36.6. The van der Waals surface area contributed by atoms with E-state index in [1.54, 1.807) is 31.0 Å². The third-order valence-electron chi connectivity index (χ3n) is 10.4. The number of hydrogen-bond acceptors (Lipinski definition) is 9. The van der Waals surface area contributed by atoms with E-state index in [4.69, 9.17) is 16.3 Å². The number of thiazole rings is 1. The second-order valence-electron chi connectivity index (χ2n) is 14.2. The molecule has 278 valence electrons. The number of nitrogens with one attached hydrogen (secondary N) is 1. The van der Waals surface area contributed by atoms with Crippen molar-refractivity contribution in [3.63, 3.8) is 0 Å². The molecule has 0 bridgehead atoms. The van der Waals surface area contributed by atoms with E-state index in [9.17, 15) is 36.0 Å². The van der Waals surface area contributed by atoms with Crippen molar-refractivity contribution in [2.75, 3.05) is 20.1 Å². The Bertz CT molecular complexity index is 2090. The number of rotatable bonds is 6.